The van der Waals surface area contributed by atoms with Crippen LogP contribution in [0.4, 0.5) is 4.39 Å². The Morgan fingerprint density at radius 3 is 2.88 bits per heavy atom. The number of pyridine rings is 1. The lowest BCUT2D eigenvalue weighted by molar-refractivity contribution is 0.299. The maximum absolute atomic E-state index is 13.7. The van der Waals surface area contributed by atoms with E-state index >= 15 is 0 Å². The molecule has 0 amide bonds. The number of phenols is 1. The second-order valence-corrected chi connectivity index (χ2v) is 5.51. The van der Waals surface area contributed by atoms with Crippen LogP contribution in [-0.4, -0.2) is 29.5 Å². The van der Waals surface area contributed by atoms with Gasteiger partial charge in [0.15, 0.2) is 11.5 Å². The van der Waals surface area contributed by atoms with Crippen LogP contribution in [0.3, 0.4) is 0 Å². The van der Waals surface area contributed by atoms with E-state index in [4.69, 9.17) is 4.74 Å². The molecule has 0 aliphatic carbocycles. The molecule has 1 N–H and O–H groups in total. The van der Waals surface area contributed by atoms with Gasteiger partial charge in [-0.1, -0.05) is 11.3 Å². The Bertz CT molecular complexity index is 1030. The fourth-order valence-corrected chi connectivity index (χ4v) is 2.48. The van der Waals surface area contributed by atoms with E-state index in [0.717, 1.165) is 0 Å². The lowest BCUT2D eigenvalue weighted by Gasteiger charge is -2.03. The maximum atomic E-state index is 13.7. The van der Waals surface area contributed by atoms with Crippen LogP contribution in [-0.2, 0) is 13.2 Å². The van der Waals surface area contributed by atoms with Gasteiger partial charge in [0, 0.05) is 18.5 Å². The summed E-state index contributed by atoms with van der Waals surface area (Å²) >= 11 is 0. The molecule has 0 saturated carbocycles. The molecular weight excluding hydrogens is 325 g/mol. The van der Waals surface area contributed by atoms with Crippen molar-refractivity contribution in [2.75, 3.05) is 0 Å². The average molecular weight is 339 g/mol. The molecule has 8 heteroatoms. The minimum atomic E-state index is -0.368. The number of benzene rings is 1. The summed E-state index contributed by atoms with van der Waals surface area (Å²) in [4.78, 5) is 4.26. The molecule has 7 nitrogen and oxygen atoms in total. The van der Waals surface area contributed by atoms with E-state index in [1.54, 1.807) is 51.9 Å². The van der Waals surface area contributed by atoms with Crippen LogP contribution in [0, 0.1) is 5.82 Å². The minimum Gasteiger partial charge on any atom is -0.508 e. The van der Waals surface area contributed by atoms with E-state index in [0.29, 0.717) is 23.7 Å². The SMILES string of the molecule is Oc1cccc(OCc2cn(Cc3cn4cccc(F)c4n3)nn2)c1. The van der Waals surface area contributed by atoms with Crippen LogP contribution in [0.5, 0.6) is 11.5 Å². The molecule has 3 aromatic heterocycles. The predicted octanol–water partition coefficient (Wildman–Crippen LogP) is 2.40. The van der Waals surface area contributed by atoms with Crippen LogP contribution in [0.15, 0.2) is 55.0 Å². The van der Waals surface area contributed by atoms with Gasteiger partial charge in [0.1, 0.15) is 23.8 Å². The summed E-state index contributed by atoms with van der Waals surface area (Å²) < 4.78 is 22.5. The lowest BCUT2D eigenvalue weighted by atomic mass is 10.3. The van der Waals surface area contributed by atoms with Crippen molar-refractivity contribution in [2.45, 2.75) is 13.2 Å². The molecule has 0 atom stereocenters. The number of aromatic nitrogens is 5. The fraction of sp³-hybridized carbons (Fsp3) is 0.118. The van der Waals surface area contributed by atoms with E-state index < -0.39 is 0 Å². The van der Waals surface area contributed by atoms with Crippen LogP contribution in [0.2, 0.25) is 0 Å². The van der Waals surface area contributed by atoms with Crippen LogP contribution in [0.1, 0.15) is 11.4 Å². The molecule has 0 fully saturated rings. The normalized spacial score (nSPS) is 11.1. The Kier molecular flexibility index (Phi) is 3.77. The smallest absolute Gasteiger partial charge is 0.173 e. The summed E-state index contributed by atoms with van der Waals surface area (Å²) in [6.07, 6.45) is 5.23. The molecule has 0 saturated heterocycles. The number of phenolic OH excluding ortho intramolecular Hbond substituents is 1. The van der Waals surface area contributed by atoms with Gasteiger partial charge in [0.25, 0.3) is 0 Å². The number of nitrogens with zero attached hydrogens (tertiary/aromatic N) is 5. The van der Waals surface area contributed by atoms with Gasteiger partial charge in [-0.05, 0) is 24.3 Å². The number of hydrogen-bond donors (Lipinski definition) is 1. The van der Waals surface area contributed by atoms with E-state index in [1.165, 1.54) is 12.1 Å². The van der Waals surface area contributed by atoms with Crippen molar-refractivity contribution in [2.24, 2.45) is 0 Å². The molecule has 0 aliphatic rings. The highest BCUT2D eigenvalue weighted by molar-refractivity contribution is 5.41. The Balaban J connectivity index is 1.44. The van der Waals surface area contributed by atoms with Gasteiger partial charge in [-0.2, -0.15) is 0 Å². The first-order valence-corrected chi connectivity index (χ1v) is 7.60. The van der Waals surface area contributed by atoms with Gasteiger partial charge in [-0.15, -0.1) is 5.10 Å². The standard InChI is InChI=1S/C17H14FN5O2/c18-16-5-2-6-22-8-12(19-17(16)22)9-23-10-13(20-21-23)11-25-15-4-1-3-14(24)7-15/h1-8,10,24H,9,11H2. The van der Waals surface area contributed by atoms with Crippen molar-refractivity contribution >= 4 is 5.65 Å². The number of fused-ring (bicyclic) bond motifs is 1. The quantitative estimate of drug-likeness (QED) is 0.604. The predicted molar refractivity (Wildman–Crippen MR) is 86.7 cm³/mol. The highest BCUT2D eigenvalue weighted by Crippen LogP contribution is 2.18. The minimum absolute atomic E-state index is 0.139. The van der Waals surface area contributed by atoms with Crippen LogP contribution >= 0.6 is 0 Å². The zero-order valence-corrected chi connectivity index (χ0v) is 13.1. The molecule has 25 heavy (non-hydrogen) atoms. The highest BCUT2D eigenvalue weighted by atomic mass is 19.1. The summed E-state index contributed by atoms with van der Waals surface area (Å²) in [6, 6.07) is 9.54. The molecule has 0 aliphatic heterocycles. The third-order valence-corrected chi connectivity index (χ3v) is 3.60. The number of ether oxygens (including phenoxy) is 1. The van der Waals surface area contributed by atoms with E-state index in [9.17, 15) is 9.50 Å². The van der Waals surface area contributed by atoms with Crippen molar-refractivity contribution in [3.05, 3.63) is 72.2 Å². The molecule has 0 radical (unpaired) electrons. The van der Waals surface area contributed by atoms with Gasteiger partial charge in [0.2, 0.25) is 0 Å². The van der Waals surface area contributed by atoms with E-state index in [2.05, 4.69) is 15.3 Å². The highest BCUT2D eigenvalue weighted by Gasteiger charge is 2.08. The largest absolute Gasteiger partial charge is 0.508 e. The molecule has 126 valence electrons. The average Bonchev–Trinajstić information content (AvgIpc) is 3.21. The van der Waals surface area contributed by atoms with Crippen LogP contribution < -0.4 is 4.74 Å². The van der Waals surface area contributed by atoms with Gasteiger partial charge in [0.05, 0.1) is 18.4 Å². The Labute approximate surface area is 141 Å². The number of aromatic hydroxyl groups is 1. The Hall–Kier alpha value is -3.42. The molecule has 0 unspecified atom stereocenters. The van der Waals surface area contributed by atoms with Gasteiger partial charge in [-0.3, -0.25) is 0 Å². The first-order chi connectivity index (χ1) is 12.2. The summed E-state index contributed by atoms with van der Waals surface area (Å²) in [6.45, 7) is 0.601. The first kappa shape index (κ1) is 15.1. The van der Waals surface area contributed by atoms with Gasteiger partial charge >= 0.3 is 0 Å². The van der Waals surface area contributed by atoms with E-state index in [-0.39, 0.29) is 23.8 Å². The molecule has 3 heterocycles. The van der Waals surface area contributed by atoms with Gasteiger partial charge < -0.3 is 14.2 Å². The maximum Gasteiger partial charge on any atom is 0.173 e. The van der Waals surface area contributed by atoms with Crippen molar-refractivity contribution in [3.8, 4) is 11.5 Å². The zero-order valence-electron chi connectivity index (χ0n) is 13.1. The Morgan fingerprint density at radius 2 is 2.04 bits per heavy atom. The summed E-state index contributed by atoms with van der Waals surface area (Å²) in [7, 11) is 0. The summed E-state index contributed by atoms with van der Waals surface area (Å²) in [5.41, 5.74) is 1.60. The fourth-order valence-electron chi connectivity index (χ4n) is 2.48. The molecule has 0 bridgehead atoms. The third-order valence-electron chi connectivity index (χ3n) is 3.60. The summed E-state index contributed by atoms with van der Waals surface area (Å²) in [5.74, 6) is 0.318. The second-order valence-electron chi connectivity index (χ2n) is 5.51. The topological polar surface area (TPSA) is 77.5 Å². The lowest BCUT2D eigenvalue weighted by Crippen LogP contribution is -2.00. The second kappa shape index (κ2) is 6.23. The first-order valence-electron chi connectivity index (χ1n) is 7.60. The van der Waals surface area contributed by atoms with Crippen molar-refractivity contribution in [3.63, 3.8) is 0 Å². The number of halogens is 1. The third kappa shape index (κ3) is 3.27. The molecule has 4 rings (SSSR count). The monoisotopic (exact) mass is 339 g/mol. The van der Waals surface area contributed by atoms with Gasteiger partial charge in [-0.25, -0.2) is 14.1 Å². The number of rotatable bonds is 5. The van der Waals surface area contributed by atoms with Crippen molar-refractivity contribution in [1.82, 2.24) is 24.4 Å². The summed E-state index contributed by atoms with van der Waals surface area (Å²) in [5, 5.41) is 17.5. The van der Waals surface area contributed by atoms with Crippen molar-refractivity contribution in [1.29, 1.82) is 0 Å². The Morgan fingerprint density at radius 1 is 1.12 bits per heavy atom. The zero-order chi connectivity index (χ0) is 17.2. The molecular formula is C17H14FN5O2. The number of hydrogen-bond acceptors (Lipinski definition) is 5. The molecule has 0 spiro atoms. The molecule has 1 aromatic carbocycles. The van der Waals surface area contributed by atoms with Crippen LogP contribution in [0.25, 0.3) is 5.65 Å². The van der Waals surface area contributed by atoms with E-state index in [1.807, 2.05) is 0 Å². The number of imidazole rings is 1. The molecule has 4 aromatic rings. The van der Waals surface area contributed by atoms with Crippen molar-refractivity contribution < 1.29 is 14.2 Å².